The van der Waals surface area contributed by atoms with Crippen molar-refractivity contribution in [1.29, 1.82) is 0 Å². The van der Waals surface area contributed by atoms with Crippen LogP contribution in [0.4, 0.5) is 5.13 Å². The summed E-state index contributed by atoms with van der Waals surface area (Å²) in [5, 5.41) is 4.24. The van der Waals surface area contributed by atoms with E-state index in [4.69, 9.17) is 9.72 Å². The second-order valence-electron chi connectivity index (χ2n) is 8.28. The molecule has 3 aromatic rings. The maximum Gasteiger partial charge on any atom is 0.225 e. The number of hydrogen-bond acceptors (Lipinski definition) is 5. The van der Waals surface area contributed by atoms with Crippen molar-refractivity contribution in [2.24, 2.45) is 5.92 Å². The summed E-state index contributed by atoms with van der Waals surface area (Å²) in [6, 6.07) is 16.7. The Bertz CT molecular complexity index is 1000. The van der Waals surface area contributed by atoms with E-state index in [1.807, 2.05) is 25.1 Å². The lowest BCUT2D eigenvalue weighted by Gasteiger charge is -2.32. The second kappa shape index (κ2) is 10.1. The summed E-state index contributed by atoms with van der Waals surface area (Å²) in [5.74, 6) is 1.06. The molecule has 1 saturated heterocycles. The molecule has 2 heterocycles. The number of aryl methyl sites for hydroxylation is 1. The minimum absolute atomic E-state index is 0.0129. The molecule has 1 aromatic heterocycles. The molecule has 1 aliphatic heterocycles. The van der Waals surface area contributed by atoms with Crippen LogP contribution in [0.2, 0.25) is 0 Å². The predicted molar refractivity (Wildman–Crippen MR) is 128 cm³/mol. The highest BCUT2D eigenvalue weighted by Gasteiger charge is 2.28. The van der Waals surface area contributed by atoms with E-state index in [0.717, 1.165) is 59.9 Å². The summed E-state index contributed by atoms with van der Waals surface area (Å²) in [6.45, 7) is 6.43. The van der Waals surface area contributed by atoms with Gasteiger partial charge in [0, 0.05) is 19.1 Å². The van der Waals surface area contributed by atoms with Gasteiger partial charge < -0.3 is 15.0 Å². The fourth-order valence-corrected chi connectivity index (χ4v) is 5.14. The normalized spacial score (nSPS) is 17.5. The zero-order chi connectivity index (χ0) is 21.6. The summed E-state index contributed by atoms with van der Waals surface area (Å²) in [5.41, 5.74) is 2.31. The molecule has 5 nitrogen and oxygen atoms in total. The van der Waals surface area contributed by atoms with Gasteiger partial charge in [0.1, 0.15) is 5.75 Å². The lowest BCUT2D eigenvalue weighted by molar-refractivity contribution is -0.125. The average Bonchev–Trinajstić information content (AvgIpc) is 3.22. The Morgan fingerprint density at radius 3 is 2.94 bits per heavy atom. The van der Waals surface area contributed by atoms with E-state index in [1.165, 1.54) is 5.56 Å². The van der Waals surface area contributed by atoms with Crippen molar-refractivity contribution >= 4 is 32.6 Å². The molecule has 0 radical (unpaired) electrons. The summed E-state index contributed by atoms with van der Waals surface area (Å²) in [4.78, 5) is 20.0. The van der Waals surface area contributed by atoms with E-state index >= 15 is 0 Å². The number of carbonyl (C=O) groups is 1. The zero-order valence-corrected chi connectivity index (χ0v) is 19.2. The molecule has 0 bridgehead atoms. The van der Waals surface area contributed by atoms with Crippen LogP contribution in [0, 0.1) is 5.92 Å². The maximum atomic E-state index is 12.9. The van der Waals surface area contributed by atoms with Gasteiger partial charge in [0.2, 0.25) is 5.91 Å². The standard InChI is InChI=1S/C25H31N3O2S/c1-3-30-21-13-14-22-23(16-21)31-25(27-22)28-15-7-10-20(17-28)24(29)26-18(2)11-12-19-8-5-4-6-9-19/h4-6,8-9,13-14,16,18,20H,3,7,10-12,15,17H2,1-2H3,(H,26,29)/t18-,20-/m0/s1. The van der Waals surface area contributed by atoms with Crippen molar-refractivity contribution in [3.8, 4) is 5.75 Å². The Morgan fingerprint density at radius 1 is 1.29 bits per heavy atom. The lowest BCUT2D eigenvalue weighted by Crippen LogP contribution is -2.45. The molecule has 164 valence electrons. The van der Waals surface area contributed by atoms with Crippen LogP contribution in [0.25, 0.3) is 10.2 Å². The van der Waals surface area contributed by atoms with Crippen molar-refractivity contribution in [1.82, 2.24) is 10.3 Å². The number of carbonyl (C=O) groups excluding carboxylic acids is 1. The van der Waals surface area contributed by atoms with Gasteiger partial charge in [-0.15, -0.1) is 0 Å². The van der Waals surface area contributed by atoms with Gasteiger partial charge in [-0.25, -0.2) is 4.98 Å². The van der Waals surface area contributed by atoms with Crippen molar-refractivity contribution in [3.05, 3.63) is 54.1 Å². The number of nitrogens with zero attached hydrogens (tertiary/aromatic N) is 2. The first-order chi connectivity index (χ1) is 15.1. The molecule has 0 spiro atoms. The fourth-order valence-electron chi connectivity index (χ4n) is 4.11. The highest BCUT2D eigenvalue weighted by molar-refractivity contribution is 7.22. The molecule has 1 N–H and O–H groups in total. The first kappa shape index (κ1) is 21.6. The lowest BCUT2D eigenvalue weighted by atomic mass is 9.96. The van der Waals surface area contributed by atoms with Gasteiger partial charge in [-0.1, -0.05) is 41.7 Å². The Kier molecular flexibility index (Phi) is 7.07. The number of thiazole rings is 1. The topological polar surface area (TPSA) is 54.5 Å². The van der Waals surface area contributed by atoms with Crippen LogP contribution in [0.1, 0.15) is 38.7 Å². The van der Waals surface area contributed by atoms with Crippen LogP contribution in [-0.4, -0.2) is 36.6 Å². The largest absolute Gasteiger partial charge is 0.494 e. The molecule has 6 heteroatoms. The van der Waals surface area contributed by atoms with Crippen molar-refractivity contribution < 1.29 is 9.53 Å². The van der Waals surface area contributed by atoms with Crippen LogP contribution >= 0.6 is 11.3 Å². The number of rotatable bonds is 8. The molecule has 2 aromatic carbocycles. The zero-order valence-electron chi connectivity index (χ0n) is 18.3. The van der Waals surface area contributed by atoms with Crippen molar-refractivity contribution in [2.75, 3.05) is 24.6 Å². The molecule has 1 aliphatic rings. The Labute approximate surface area is 188 Å². The van der Waals surface area contributed by atoms with Crippen LogP contribution in [0.15, 0.2) is 48.5 Å². The van der Waals surface area contributed by atoms with Gasteiger partial charge >= 0.3 is 0 Å². The molecular weight excluding hydrogens is 406 g/mol. The van der Waals surface area contributed by atoms with Crippen LogP contribution < -0.4 is 15.0 Å². The molecule has 0 saturated carbocycles. The number of aromatic nitrogens is 1. The molecule has 0 unspecified atom stereocenters. The van der Waals surface area contributed by atoms with E-state index in [1.54, 1.807) is 11.3 Å². The van der Waals surface area contributed by atoms with E-state index in [2.05, 4.69) is 47.5 Å². The summed E-state index contributed by atoms with van der Waals surface area (Å²) < 4.78 is 6.74. The number of ether oxygens (including phenoxy) is 1. The third kappa shape index (κ3) is 5.56. The van der Waals surface area contributed by atoms with E-state index in [9.17, 15) is 4.79 Å². The van der Waals surface area contributed by atoms with Crippen molar-refractivity contribution in [2.45, 2.75) is 45.6 Å². The molecule has 4 rings (SSSR count). The van der Waals surface area contributed by atoms with Crippen LogP contribution in [0.3, 0.4) is 0 Å². The SMILES string of the molecule is CCOc1ccc2nc(N3CCC[C@H](C(=O)N[C@@H](C)CCc4ccccc4)C3)sc2c1. The van der Waals surface area contributed by atoms with E-state index in [-0.39, 0.29) is 17.9 Å². The molecule has 31 heavy (non-hydrogen) atoms. The molecular formula is C25H31N3O2S. The number of amides is 1. The molecule has 1 fully saturated rings. The number of hydrogen-bond donors (Lipinski definition) is 1. The summed E-state index contributed by atoms with van der Waals surface area (Å²) >= 11 is 1.68. The Hall–Kier alpha value is -2.60. The van der Waals surface area contributed by atoms with Crippen molar-refractivity contribution in [3.63, 3.8) is 0 Å². The van der Waals surface area contributed by atoms with Gasteiger partial charge in [-0.05, 0) is 63.3 Å². The maximum absolute atomic E-state index is 12.9. The number of piperidine rings is 1. The van der Waals surface area contributed by atoms with Gasteiger partial charge in [-0.2, -0.15) is 0 Å². The third-order valence-corrected chi connectivity index (χ3v) is 6.90. The molecule has 1 amide bonds. The first-order valence-electron chi connectivity index (χ1n) is 11.2. The summed E-state index contributed by atoms with van der Waals surface area (Å²) in [6.07, 6.45) is 3.88. The van der Waals surface area contributed by atoms with Gasteiger partial charge in [0.05, 0.1) is 22.7 Å². The van der Waals surface area contributed by atoms with E-state index < -0.39 is 0 Å². The number of benzene rings is 2. The number of nitrogens with one attached hydrogen (secondary N) is 1. The average molecular weight is 438 g/mol. The third-order valence-electron chi connectivity index (χ3n) is 5.82. The summed E-state index contributed by atoms with van der Waals surface area (Å²) in [7, 11) is 0. The number of anilines is 1. The smallest absolute Gasteiger partial charge is 0.225 e. The fraction of sp³-hybridized carbons (Fsp3) is 0.440. The molecule has 0 aliphatic carbocycles. The van der Waals surface area contributed by atoms with Gasteiger partial charge in [-0.3, -0.25) is 4.79 Å². The van der Waals surface area contributed by atoms with Crippen LogP contribution in [0.5, 0.6) is 5.75 Å². The minimum atomic E-state index is 0.0129. The first-order valence-corrected chi connectivity index (χ1v) is 12.1. The van der Waals surface area contributed by atoms with Gasteiger partial charge in [0.25, 0.3) is 0 Å². The van der Waals surface area contributed by atoms with Crippen LogP contribution in [-0.2, 0) is 11.2 Å². The minimum Gasteiger partial charge on any atom is -0.494 e. The number of fused-ring (bicyclic) bond motifs is 1. The molecule has 2 atom stereocenters. The van der Waals surface area contributed by atoms with E-state index in [0.29, 0.717) is 6.61 Å². The Balaban J connectivity index is 1.34. The predicted octanol–water partition coefficient (Wildman–Crippen LogP) is 5.05. The quantitative estimate of drug-likeness (QED) is 0.536. The van der Waals surface area contributed by atoms with Gasteiger partial charge in [0.15, 0.2) is 5.13 Å². The highest BCUT2D eigenvalue weighted by atomic mass is 32.1. The second-order valence-corrected chi connectivity index (χ2v) is 9.29. The highest BCUT2D eigenvalue weighted by Crippen LogP contribution is 2.33. The monoisotopic (exact) mass is 437 g/mol. The Morgan fingerprint density at radius 2 is 2.13 bits per heavy atom.